The zero-order valence-electron chi connectivity index (χ0n) is 19.8. The van der Waals surface area contributed by atoms with Crippen LogP contribution in [0.3, 0.4) is 0 Å². The van der Waals surface area contributed by atoms with E-state index >= 15 is 0 Å². The Kier molecular flexibility index (Phi) is 10.1. The van der Waals surface area contributed by atoms with Crippen molar-refractivity contribution in [3.05, 3.63) is 76.7 Å². The maximum Gasteiger partial charge on any atom is 0.417 e. The second kappa shape index (κ2) is 13.0. The van der Waals surface area contributed by atoms with E-state index in [0.29, 0.717) is 29.8 Å². The summed E-state index contributed by atoms with van der Waals surface area (Å²) < 4.78 is 82.5. The molecular formula is C24H25ClF3N3O5S. The van der Waals surface area contributed by atoms with Crippen LogP contribution in [0.1, 0.15) is 23.2 Å². The van der Waals surface area contributed by atoms with E-state index in [4.69, 9.17) is 25.8 Å². The molecule has 0 fully saturated rings. The Balaban J connectivity index is 1.72. The number of hydrogen-bond donors (Lipinski definition) is 1. The molecule has 37 heavy (non-hydrogen) atoms. The summed E-state index contributed by atoms with van der Waals surface area (Å²) in [7, 11) is -2.05. The maximum atomic E-state index is 13.0. The van der Waals surface area contributed by atoms with Gasteiger partial charge < -0.3 is 14.2 Å². The molecule has 0 spiro atoms. The minimum Gasteiger partial charge on any atom is -0.491 e. The summed E-state index contributed by atoms with van der Waals surface area (Å²) in [5.41, 5.74) is 0.175. The molecule has 13 heteroatoms. The Labute approximate surface area is 217 Å². The highest BCUT2D eigenvalue weighted by Crippen LogP contribution is 2.36. The number of nitrogens with one attached hydrogen (secondary N) is 1. The average molecular weight is 560 g/mol. The molecule has 3 aromatic rings. The Hall–Kier alpha value is -2.93. The molecule has 0 amide bonds. The van der Waals surface area contributed by atoms with Crippen LogP contribution in [0.25, 0.3) is 0 Å². The van der Waals surface area contributed by atoms with Gasteiger partial charge in [0.05, 0.1) is 30.2 Å². The number of ether oxygens (including phenoxy) is 3. The highest BCUT2D eigenvalue weighted by Gasteiger charge is 2.32. The van der Waals surface area contributed by atoms with Crippen molar-refractivity contribution in [2.45, 2.75) is 25.6 Å². The molecule has 0 aliphatic carbocycles. The lowest BCUT2D eigenvalue weighted by molar-refractivity contribution is -0.137. The van der Waals surface area contributed by atoms with Crippen molar-refractivity contribution >= 4 is 21.6 Å². The number of nitrogens with zero attached hydrogens (tertiary/aromatic N) is 2. The fraction of sp³-hybridized carbons (Fsp3) is 0.333. The van der Waals surface area contributed by atoms with E-state index in [-0.39, 0.29) is 48.4 Å². The highest BCUT2D eigenvalue weighted by atomic mass is 35.5. The first-order valence-electron chi connectivity index (χ1n) is 11.1. The van der Waals surface area contributed by atoms with Crippen molar-refractivity contribution in [2.75, 3.05) is 26.1 Å². The smallest absolute Gasteiger partial charge is 0.417 e. The van der Waals surface area contributed by atoms with Crippen LogP contribution in [0.4, 0.5) is 13.2 Å². The Bertz CT molecular complexity index is 1280. The molecule has 0 radical (unpaired) electrons. The molecule has 0 aliphatic heterocycles. The molecule has 2 aromatic heterocycles. The monoisotopic (exact) mass is 559 g/mol. The van der Waals surface area contributed by atoms with E-state index in [0.717, 1.165) is 6.07 Å². The Morgan fingerprint density at radius 3 is 2.57 bits per heavy atom. The molecule has 1 aromatic carbocycles. The van der Waals surface area contributed by atoms with Crippen molar-refractivity contribution in [1.29, 1.82) is 0 Å². The lowest BCUT2D eigenvalue weighted by Crippen LogP contribution is -2.26. The zero-order valence-corrected chi connectivity index (χ0v) is 21.4. The molecule has 200 valence electrons. The first kappa shape index (κ1) is 28.6. The van der Waals surface area contributed by atoms with Crippen molar-refractivity contribution in [1.82, 2.24) is 14.7 Å². The number of aryl methyl sites for hydroxylation is 1. The second-order valence-electron chi connectivity index (χ2n) is 7.79. The van der Waals surface area contributed by atoms with Gasteiger partial charge in [0.2, 0.25) is 15.9 Å². The fourth-order valence-electron chi connectivity index (χ4n) is 3.14. The van der Waals surface area contributed by atoms with Crippen LogP contribution >= 0.6 is 11.6 Å². The normalized spacial score (nSPS) is 11.9. The predicted octanol–water partition coefficient (Wildman–Crippen LogP) is 5.02. The number of rotatable bonds is 13. The van der Waals surface area contributed by atoms with Gasteiger partial charge in [-0.15, -0.1) is 0 Å². The third-order valence-corrected chi connectivity index (χ3v) is 6.68. The van der Waals surface area contributed by atoms with Crippen LogP contribution in [0.15, 0.2) is 54.9 Å². The molecule has 3 rings (SSSR count). The number of pyridine rings is 2. The average Bonchev–Trinajstić information content (AvgIpc) is 2.85. The van der Waals surface area contributed by atoms with Gasteiger partial charge in [0.25, 0.3) is 0 Å². The molecule has 0 unspecified atom stereocenters. The SMILES string of the molecule is COCCOc1ccc(CCCS(=O)(=O)NCc2ccccn2)c(Oc2ncc(C(F)(F)F)cc2Cl)c1. The van der Waals surface area contributed by atoms with Gasteiger partial charge in [-0.25, -0.2) is 18.1 Å². The molecular weight excluding hydrogens is 535 g/mol. The van der Waals surface area contributed by atoms with E-state index in [1.165, 1.54) is 13.2 Å². The number of halogens is 4. The zero-order chi connectivity index (χ0) is 26.9. The van der Waals surface area contributed by atoms with Crippen molar-refractivity contribution < 1.29 is 35.8 Å². The molecule has 0 saturated heterocycles. The maximum absolute atomic E-state index is 13.0. The van der Waals surface area contributed by atoms with Gasteiger partial charge >= 0.3 is 6.18 Å². The number of benzene rings is 1. The molecule has 0 bridgehead atoms. The number of methoxy groups -OCH3 is 1. The minimum absolute atomic E-state index is 0.0726. The van der Waals surface area contributed by atoms with E-state index < -0.39 is 21.8 Å². The van der Waals surface area contributed by atoms with Crippen LogP contribution in [-0.4, -0.2) is 44.5 Å². The van der Waals surface area contributed by atoms with Gasteiger partial charge in [-0.3, -0.25) is 4.98 Å². The van der Waals surface area contributed by atoms with Crippen LogP contribution < -0.4 is 14.2 Å². The number of hydrogen-bond acceptors (Lipinski definition) is 7. The van der Waals surface area contributed by atoms with Crippen LogP contribution in [0.5, 0.6) is 17.4 Å². The fourth-order valence-corrected chi connectivity index (χ4v) is 4.38. The van der Waals surface area contributed by atoms with E-state index in [1.807, 2.05) is 0 Å². The number of sulfonamides is 1. The lowest BCUT2D eigenvalue weighted by atomic mass is 10.1. The van der Waals surface area contributed by atoms with Gasteiger partial charge in [0.15, 0.2) is 0 Å². The molecule has 2 heterocycles. The minimum atomic E-state index is -4.61. The summed E-state index contributed by atoms with van der Waals surface area (Å²) in [4.78, 5) is 7.79. The largest absolute Gasteiger partial charge is 0.491 e. The van der Waals surface area contributed by atoms with Crippen molar-refractivity contribution in [3.8, 4) is 17.4 Å². The predicted molar refractivity (Wildman–Crippen MR) is 131 cm³/mol. The van der Waals surface area contributed by atoms with Gasteiger partial charge in [0.1, 0.15) is 23.1 Å². The van der Waals surface area contributed by atoms with Crippen molar-refractivity contribution in [2.24, 2.45) is 0 Å². The second-order valence-corrected chi connectivity index (χ2v) is 10.1. The van der Waals surface area contributed by atoms with Crippen LogP contribution in [0, 0.1) is 0 Å². The molecule has 0 aliphatic rings. The number of alkyl halides is 3. The first-order valence-corrected chi connectivity index (χ1v) is 13.1. The molecule has 1 N–H and O–H groups in total. The summed E-state index contributed by atoms with van der Waals surface area (Å²) in [5, 5.41) is -0.326. The summed E-state index contributed by atoms with van der Waals surface area (Å²) >= 11 is 6.00. The van der Waals surface area contributed by atoms with Gasteiger partial charge in [-0.1, -0.05) is 23.7 Å². The third-order valence-electron chi connectivity index (χ3n) is 4.99. The number of aromatic nitrogens is 2. The van der Waals surface area contributed by atoms with Gasteiger partial charge in [-0.2, -0.15) is 13.2 Å². The van der Waals surface area contributed by atoms with E-state index in [2.05, 4.69) is 14.7 Å². The quantitative estimate of drug-likeness (QED) is 0.294. The Morgan fingerprint density at radius 1 is 1.08 bits per heavy atom. The van der Waals surface area contributed by atoms with Crippen LogP contribution in [-0.2, 0) is 33.9 Å². The first-order chi connectivity index (χ1) is 17.6. The summed E-state index contributed by atoms with van der Waals surface area (Å²) in [5.74, 6) is 0.256. The lowest BCUT2D eigenvalue weighted by Gasteiger charge is -2.15. The molecule has 0 atom stereocenters. The summed E-state index contributed by atoms with van der Waals surface area (Å²) in [6.07, 6.45) is -1.88. The Morgan fingerprint density at radius 2 is 1.89 bits per heavy atom. The van der Waals surface area contributed by atoms with Gasteiger partial charge in [0, 0.05) is 25.6 Å². The van der Waals surface area contributed by atoms with Crippen LogP contribution in [0.2, 0.25) is 5.02 Å². The highest BCUT2D eigenvalue weighted by molar-refractivity contribution is 7.89. The van der Waals surface area contributed by atoms with E-state index in [9.17, 15) is 21.6 Å². The molecule has 0 saturated carbocycles. The van der Waals surface area contributed by atoms with Gasteiger partial charge in [-0.05, 0) is 42.7 Å². The standard InChI is InChI=1S/C24H25ClF3N3O5S/c1-34-10-11-35-20-8-7-17(5-4-12-37(32,33)31-16-19-6-2-3-9-29-19)22(14-20)36-23-21(25)13-18(15-30-23)24(26,27)28/h2-3,6-9,13-15,31H,4-5,10-12,16H2,1H3. The summed E-state index contributed by atoms with van der Waals surface area (Å²) in [6.45, 7) is 0.672. The van der Waals surface area contributed by atoms with Crippen molar-refractivity contribution in [3.63, 3.8) is 0 Å². The summed E-state index contributed by atoms with van der Waals surface area (Å²) in [6, 6.07) is 10.8. The van der Waals surface area contributed by atoms with E-state index in [1.54, 1.807) is 36.5 Å². The molecule has 8 nitrogen and oxygen atoms in total. The third kappa shape index (κ3) is 9.15. The topological polar surface area (TPSA) is 99.6 Å².